The molecule has 6 nitrogen and oxygen atoms in total. The van der Waals surface area contributed by atoms with Crippen LogP contribution in [0.25, 0.3) is 0 Å². The van der Waals surface area contributed by atoms with Gasteiger partial charge in [0, 0.05) is 0 Å². The average Bonchev–Trinajstić information content (AvgIpc) is 2.51. The van der Waals surface area contributed by atoms with Gasteiger partial charge in [0.1, 0.15) is 6.04 Å². The molecule has 0 saturated carbocycles. The molecule has 1 atom stereocenters. The van der Waals surface area contributed by atoms with Gasteiger partial charge in [0.25, 0.3) is 5.91 Å². The minimum atomic E-state index is -1.10. The van der Waals surface area contributed by atoms with Gasteiger partial charge in [-0.1, -0.05) is 0 Å². The summed E-state index contributed by atoms with van der Waals surface area (Å²) in [7, 11) is 0. The van der Waals surface area contributed by atoms with E-state index in [0.717, 1.165) is 6.39 Å². The normalized spacial score (nSPS) is 12.1. The van der Waals surface area contributed by atoms with E-state index in [-0.39, 0.29) is 5.76 Å². The maximum Gasteiger partial charge on any atom is 0.325 e. The van der Waals surface area contributed by atoms with Crippen LogP contribution in [0.1, 0.15) is 23.2 Å². The highest BCUT2D eigenvalue weighted by Crippen LogP contribution is 2.04. The molecule has 1 aromatic rings. The van der Waals surface area contributed by atoms with E-state index in [2.05, 4.69) is 10.3 Å². The molecule has 0 radical (unpaired) electrons. The van der Waals surface area contributed by atoms with Crippen LogP contribution in [-0.2, 0) is 4.79 Å². The van der Waals surface area contributed by atoms with Gasteiger partial charge in [0.15, 0.2) is 6.39 Å². The highest BCUT2D eigenvalue weighted by Gasteiger charge is 2.19. The van der Waals surface area contributed by atoms with Crippen LogP contribution in [0.15, 0.2) is 10.8 Å². The van der Waals surface area contributed by atoms with Crippen LogP contribution < -0.4 is 5.32 Å². The van der Waals surface area contributed by atoms with Crippen molar-refractivity contribution in [1.82, 2.24) is 10.3 Å². The molecule has 0 unspecified atom stereocenters. The van der Waals surface area contributed by atoms with E-state index in [1.807, 2.05) is 0 Å². The number of aliphatic carboxylic acids is 1. The zero-order valence-electron chi connectivity index (χ0n) is 7.77. The van der Waals surface area contributed by atoms with Gasteiger partial charge in [-0.25, -0.2) is 4.98 Å². The quantitative estimate of drug-likeness (QED) is 0.723. The molecule has 0 fully saturated rings. The number of hydrogen-bond acceptors (Lipinski definition) is 4. The zero-order chi connectivity index (χ0) is 10.7. The Morgan fingerprint density at radius 3 is 2.71 bits per heavy atom. The number of amides is 1. The minimum absolute atomic E-state index is 0.0399. The first-order valence-corrected chi connectivity index (χ1v) is 3.96. The van der Waals surface area contributed by atoms with Crippen LogP contribution in [0.5, 0.6) is 0 Å². The molecule has 0 bridgehead atoms. The standard InChI is InChI=1S/C8H10N2O4/c1-4-6(14-3-9-4)7(11)10-5(2)8(12)13/h3,5H,1-2H3,(H,10,11)(H,12,13)/t5-/m0/s1. The van der Waals surface area contributed by atoms with Crippen LogP contribution >= 0.6 is 0 Å². The summed E-state index contributed by atoms with van der Waals surface area (Å²) in [5.74, 6) is -1.64. The molecule has 0 aliphatic rings. The molecule has 6 heteroatoms. The fourth-order valence-electron chi connectivity index (χ4n) is 0.844. The molecule has 14 heavy (non-hydrogen) atoms. The van der Waals surface area contributed by atoms with E-state index in [9.17, 15) is 9.59 Å². The van der Waals surface area contributed by atoms with Crippen LogP contribution in [0.3, 0.4) is 0 Å². The van der Waals surface area contributed by atoms with Gasteiger partial charge >= 0.3 is 5.97 Å². The second kappa shape index (κ2) is 3.91. The van der Waals surface area contributed by atoms with Gasteiger partial charge in [-0.05, 0) is 13.8 Å². The molecule has 1 rings (SSSR count). The van der Waals surface area contributed by atoms with Crippen molar-refractivity contribution in [2.75, 3.05) is 0 Å². The summed E-state index contributed by atoms with van der Waals surface area (Å²) in [4.78, 5) is 25.5. The summed E-state index contributed by atoms with van der Waals surface area (Å²) in [5.41, 5.74) is 0.431. The van der Waals surface area contributed by atoms with Crippen molar-refractivity contribution in [3.63, 3.8) is 0 Å². The Morgan fingerprint density at radius 1 is 1.64 bits per heavy atom. The summed E-state index contributed by atoms with van der Waals surface area (Å²) >= 11 is 0. The second-order valence-electron chi connectivity index (χ2n) is 2.80. The molecule has 0 aliphatic carbocycles. The highest BCUT2D eigenvalue weighted by atomic mass is 16.4. The third-order valence-corrected chi connectivity index (χ3v) is 1.67. The zero-order valence-corrected chi connectivity index (χ0v) is 7.77. The Morgan fingerprint density at radius 2 is 2.29 bits per heavy atom. The summed E-state index contributed by atoms with van der Waals surface area (Å²) in [5, 5.41) is 10.8. The Hall–Kier alpha value is -1.85. The van der Waals surface area contributed by atoms with Gasteiger partial charge in [-0.15, -0.1) is 0 Å². The number of aromatic nitrogens is 1. The Bertz CT molecular complexity index is 358. The fourth-order valence-corrected chi connectivity index (χ4v) is 0.844. The van der Waals surface area contributed by atoms with E-state index < -0.39 is 17.9 Å². The maximum absolute atomic E-state index is 11.3. The van der Waals surface area contributed by atoms with E-state index in [1.54, 1.807) is 6.92 Å². The molecular weight excluding hydrogens is 188 g/mol. The molecule has 76 valence electrons. The smallest absolute Gasteiger partial charge is 0.325 e. The number of aryl methyl sites for hydroxylation is 1. The number of oxazole rings is 1. The number of rotatable bonds is 3. The average molecular weight is 198 g/mol. The summed E-state index contributed by atoms with van der Waals surface area (Å²) in [6.07, 6.45) is 1.13. The third kappa shape index (κ3) is 2.09. The predicted octanol–water partition coefficient (Wildman–Crippen LogP) is 0.186. The summed E-state index contributed by atoms with van der Waals surface area (Å²) in [6, 6.07) is -0.952. The first kappa shape index (κ1) is 10.2. The molecule has 1 heterocycles. The number of hydrogen-bond donors (Lipinski definition) is 2. The van der Waals surface area contributed by atoms with E-state index >= 15 is 0 Å². The molecule has 0 spiro atoms. The van der Waals surface area contributed by atoms with E-state index in [1.165, 1.54) is 6.92 Å². The number of carboxylic acids is 1. The Labute approximate surface area is 79.9 Å². The lowest BCUT2D eigenvalue weighted by atomic mass is 10.3. The van der Waals surface area contributed by atoms with Crippen molar-refractivity contribution < 1.29 is 19.1 Å². The molecular formula is C8H10N2O4. The second-order valence-corrected chi connectivity index (χ2v) is 2.80. The summed E-state index contributed by atoms with van der Waals surface area (Å²) < 4.78 is 4.79. The van der Waals surface area contributed by atoms with Crippen molar-refractivity contribution in [2.24, 2.45) is 0 Å². The predicted molar refractivity (Wildman–Crippen MR) is 45.8 cm³/mol. The van der Waals surface area contributed by atoms with Crippen LogP contribution in [0, 0.1) is 6.92 Å². The maximum atomic E-state index is 11.3. The number of nitrogens with one attached hydrogen (secondary N) is 1. The summed E-state index contributed by atoms with van der Waals surface area (Å²) in [6.45, 7) is 2.97. The molecule has 1 amide bonds. The molecule has 0 saturated heterocycles. The van der Waals surface area contributed by atoms with Gasteiger partial charge in [0.05, 0.1) is 5.69 Å². The van der Waals surface area contributed by atoms with Gasteiger partial charge in [-0.2, -0.15) is 0 Å². The van der Waals surface area contributed by atoms with E-state index in [4.69, 9.17) is 9.52 Å². The first-order chi connectivity index (χ1) is 6.52. The molecule has 0 aliphatic heterocycles. The molecule has 0 aromatic carbocycles. The Balaban J connectivity index is 2.69. The van der Waals surface area contributed by atoms with Gasteiger partial charge in [-0.3, -0.25) is 9.59 Å². The third-order valence-electron chi connectivity index (χ3n) is 1.67. The topological polar surface area (TPSA) is 92.4 Å². The first-order valence-electron chi connectivity index (χ1n) is 3.96. The number of carbonyl (C=O) groups is 2. The number of carbonyl (C=O) groups excluding carboxylic acids is 1. The monoisotopic (exact) mass is 198 g/mol. The van der Waals surface area contributed by atoms with Gasteiger partial charge in [0.2, 0.25) is 5.76 Å². The molecule has 2 N–H and O–H groups in total. The lowest BCUT2D eigenvalue weighted by Gasteiger charge is -2.06. The van der Waals surface area contributed by atoms with Crippen LogP contribution in [0.2, 0.25) is 0 Å². The largest absolute Gasteiger partial charge is 0.480 e. The SMILES string of the molecule is Cc1ncoc1C(=O)N[C@@H](C)C(=O)O. The highest BCUT2D eigenvalue weighted by molar-refractivity contribution is 5.94. The van der Waals surface area contributed by atoms with Crippen molar-refractivity contribution in [2.45, 2.75) is 19.9 Å². The van der Waals surface area contributed by atoms with Crippen molar-refractivity contribution in [1.29, 1.82) is 0 Å². The lowest BCUT2D eigenvalue weighted by molar-refractivity contribution is -0.138. The van der Waals surface area contributed by atoms with Gasteiger partial charge < -0.3 is 14.8 Å². The minimum Gasteiger partial charge on any atom is -0.480 e. The number of nitrogens with zero attached hydrogens (tertiary/aromatic N) is 1. The van der Waals surface area contributed by atoms with Crippen molar-refractivity contribution in [3.8, 4) is 0 Å². The lowest BCUT2D eigenvalue weighted by Crippen LogP contribution is -2.38. The van der Waals surface area contributed by atoms with Crippen LogP contribution in [0.4, 0.5) is 0 Å². The van der Waals surface area contributed by atoms with Crippen LogP contribution in [-0.4, -0.2) is 28.0 Å². The fraction of sp³-hybridized carbons (Fsp3) is 0.375. The Kier molecular flexibility index (Phi) is 2.85. The molecule has 1 aromatic heterocycles. The van der Waals surface area contributed by atoms with Crippen molar-refractivity contribution in [3.05, 3.63) is 17.8 Å². The van der Waals surface area contributed by atoms with Crippen molar-refractivity contribution >= 4 is 11.9 Å². The number of carboxylic acid groups (broad SMARTS) is 1. The van der Waals surface area contributed by atoms with E-state index in [0.29, 0.717) is 5.69 Å².